The number of nitrogens with zero attached hydrogens (tertiary/aromatic N) is 1. The van der Waals surface area contributed by atoms with Crippen molar-refractivity contribution in [3.8, 4) is 0 Å². The minimum atomic E-state index is -0.440. The average Bonchev–Trinajstić information content (AvgIpc) is 2.55. The van der Waals surface area contributed by atoms with Crippen molar-refractivity contribution >= 4 is 45.4 Å². The third-order valence-electron chi connectivity index (χ3n) is 3.15. The molecule has 0 bridgehead atoms. The van der Waals surface area contributed by atoms with Crippen LogP contribution in [0.2, 0.25) is 0 Å². The van der Waals surface area contributed by atoms with Gasteiger partial charge < -0.3 is 4.42 Å². The van der Waals surface area contributed by atoms with Crippen molar-refractivity contribution in [1.82, 2.24) is 4.98 Å². The lowest BCUT2D eigenvalue weighted by Gasteiger charge is -2.01. The van der Waals surface area contributed by atoms with Gasteiger partial charge in [0.15, 0.2) is 0 Å². The van der Waals surface area contributed by atoms with E-state index in [1.54, 1.807) is 36.0 Å². The molecule has 3 rings (SSSR count). The molecule has 0 aliphatic heterocycles. The van der Waals surface area contributed by atoms with Crippen molar-refractivity contribution in [2.45, 2.75) is 4.90 Å². The van der Waals surface area contributed by atoms with Crippen LogP contribution in [0.3, 0.4) is 0 Å². The fraction of sp³-hybridized carbons (Fsp3) is 0.0588. The Bertz CT molecular complexity index is 900. The van der Waals surface area contributed by atoms with Crippen LogP contribution in [0, 0.1) is 0 Å². The molecule has 0 aliphatic rings. The quantitative estimate of drug-likeness (QED) is 0.656. The highest BCUT2D eigenvalue weighted by atomic mass is 35.5. The van der Waals surface area contributed by atoms with E-state index in [0.717, 1.165) is 5.56 Å². The average molecular weight is 330 g/mol. The second-order valence-electron chi connectivity index (χ2n) is 4.59. The van der Waals surface area contributed by atoms with Gasteiger partial charge in [-0.25, -0.2) is 9.78 Å². The largest absolute Gasteiger partial charge is 0.402 e. The summed E-state index contributed by atoms with van der Waals surface area (Å²) in [6.45, 7) is 0. The molecular formula is C17H12ClNO2S. The number of aromatic nitrogens is 1. The van der Waals surface area contributed by atoms with Crippen molar-refractivity contribution in [3.63, 3.8) is 0 Å². The number of hydrogen-bond donors (Lipinski definition) is 0. The van der Waals surface area contributed by atoms with Crippen LogP contribution in [-0.4, -0.2) is 11.2 Å². The van der Waals surface area contributed by atoms with Gasteiger partial charge in [0, 0.05) is 4.90 Å². The number of halogens is 1. The van der Waals surface area contributed by atoms with Crippen LogP contribution < -0.4 is 5.63 Å². The third-order valence-corrected chi connectivity index (χ3v) is 4.16. The molecule has 0 spiro atoms. The van der Waals surface area contributed by atoms with Crippen LogP contribution in [0.5, 0.6) is 0 Å². The zero-order valence-electron chi connectivity index (χ0n) is 11.7. The zero-order valence-corrected chi connectivity index (χ0v) is 13.3. The van der Waals surface area contributed by atoms with E-state index >= 15 is 0 Å². The Hall–Kier alpha value is -2.04. The minimum Gasteiger partial charge on any atom is -0.402 e. The van der Waals surface area contributed by atoms with E-state index < -0.39 is 5.63 Å². The van der Waals surface area contributed by atoms with Gasteiger partial charge in [0.1, 0.15) is 5.03 Å². The number of rotatable bonds is 3. The van der Waals surface area contributed by atoms with Crippen molar-refractivity contribution in [2.24, 2.45) is 0 Å². The summed E-state index contributed by atoms with van der Waals surface area (Å²) < 4.78 is 5.20. The second kappa shape index (κ2) is 6.38. The lowest BCUT2D eigenvalue weighted by molar-refractivity contribution is 0.489. The monoisotopic (exact) mass is 329 g/mol. The molecule has 3 nitrogen and oxygen atoms in total. The number of fused-ring (bicyclic) bond motifs is 1. The van der Waals surface area contributed by atoms with Gasteiger partial charge in [-0.2, -0.15) is 0 Å². The summed E-state index contributed by atoms with van der Waals surface area (Å²) in [5.74, 6) is 0.124. The van der Waals surface area contributed by atoms with Crippen LogP contribution in [-0.2, 0) is 0 Å². The lowest BCUT2D eigenvalue weighted by Crippen LogP contribution is -2.03. The van der Waals surface area contributed by atoms with Gasteiger partial charge in [0.2, 0.25) is 5.89 Å². The first kappa shape index (κ1) is 14.9. The maximum absolute atomic E-state index is 11.9. The topological polar surface area (TPSA) is 43.1 Å². The first-order valence-corrected chi connectivity index (χ1v) is 8.19. The molecule has 0 N–H and O–H groups in total. The van der Waals surface area contributed by atoms with Crippen molar-refractivity contribution < 1.29 is 4.42 Å². The first-order valence-electron chi connectivity index (χ1n) is 6.59. The van der Waals surface area contributed by atoms with Crippen LogP contribution in [0.25, 0.3) is 22.0 Å². The maximum atomic E-state index is 11.9. The number of thioether (sulfide) groups is 1. The SMILES string of the molecule is CSc1ccc(/C=C(\Cl)c2nc3ccccc3c(=O)o2)cc1. The third kappa shape index (κ3) is 3.08. The van der Waals surface area contributed by atoms with E-state index in [-0.39, 0.29) is 5.89 Å². The maximum Gasteiger partial charge on any atom is 0.347 e. The summed E-state index contributed by atoms with van der Waals surface area (Å²) in [7, 11) is 0. The van der Waals surface area contributed by atoms with Crippen LogP contribution in [0.4, 0.5) is 0 Å². The van der Waals surface area contributed by atoms with Crippen LogP contribution >= 0.6 is 23.4 Å². The second-order valence-corrected chi connectivity index (χ2v) is 5.88. The van der Waals surface area contributed by atoms with Crippen molar-refractivity contribution in [1.29, 1.82) is 0 Å². The van der Waals surface area contributed by atoms with Crippen molar-refractivity contribution in [3.05, 3.63) is 70.4 Å². The van der Waals surface area contributed by atoms with Crippen LogP contribution in [0.1, 0.15) is 11.5 Å². The summed E-state index contributed by atoms with van der Waals surface area (Å²) in [6, 6.07) is 14.9. The molecule has 1 heterocycles. The molecule has 3 aromatic rings. The van der Waals surface area contributed by atoms with Gasteiger partial charge in [-0.05, 0) is 42.2 Å². The fourth-order valence-corrected chi connectivity index (χ4v) is 2.64. The molecule has 0 fully saturated rings. The highest BCUT2D eigenvalue weighted by Crippen LogP contribution is 2.23. The summed E-state index contributed by atoms with van der Waals surface area (Å²) in [4.78, 5) is 17.4. The molecule has 0 saturated heterocycles. The van der Waals surface area contributed by atoms with E-state index in [1.165, 1.54) is 4.90 Å². The molecular weight excluding hydrogens is 318 g/mol. The Morgan fingerprint density at radius 2 is 1.91 bits per heavy atom. The van der Waals surface area contributed by atoms with E-state index in [4.69, 9.17) is 16.0 Å². The molecule has 1 aromatic heterocycles. The Balaban J connectivity index is 2.02. The Kier molecular flexibility index (Phi) is 4.32. The summed E-state index contributed by atoms with van der Waals surface area (Å²) in [6.07, 6.45) is 3.75. The molecule has 22 heavy (non-hydrogen) atoms. The summed E-state index contributed by atoms with van der Waals surface area (Å²) in [5.41, 5.74) is 1.04. The predicted octanol–water partition coefficient (Wildman–Crippen LogP) is 4.65. The Morgan fingerprint density at radius 1 is 1.18 bits per heavy atom. The van der Waals surface area contributed by atoms with Gasteiger partial charge in [-0.1, -0.05) is 35.9 Å². The van der Waals surface area contributed by atoms with Crippen LogP contribution in [0.15, 0.2) is 62.6 Å². The molecule has 5 heteroatoms. The van der Waals surface area contributed by atoms with Gasteiger partial charge in [0.25, 0.3) is 0 Å². The minimum absolute atomic E-state index is 0.124. The molecule has 0 saturated carbocycles. The standard InChI is InChI=1S/C17H12ClNO2S/c1-22-12-8-6-11(7-9-12)10-14(18)16-19-15-5-3-2-4-13(15)17(20)21-16/h2-10H,1H3/b14-10-. The number of para-hydroxylation sites is 1. The molecule has 0 aliphatic carbocycles. The highest BCUT2D eigenvalue weighted by Gasteiger charge is 2.09. The smallest absolute Gasteiger partial charge is 0.347 e. The summed E-state index contributed by atoms with van der Waals surface area (Å²) in [5, 5.41) is 0.736. The van der Waals surface area contributed by atoms with Crippen molar-refractivity contribution in [2.75, 3.05) is 6.26 Å². The lowest BCUT2D eigenvalue weighted by atomic mass is 10.2. The fourth-order valence-electron chi connectivity index (χ4n) is 2.03. The van der Waals surface area contributed by atoms with E-state index in [2.05, 4.69) is 4.98 Å². The molecule has 0 amide bonds. The number of benzene rings is 2. The van der Waals surface area contributed by atoms with Gasteiger partial charge in [-0.15, -0.1) is 11.8 Å². The molecule has 0 unspecified atom stereocenters. The Labute approximate surface area is 136 Å². The molecule has 2 aromatic carbocycles. The molecule has 0 atom stereocenters. The highest BCUT2D eigenvalue weighted by molar-refractivity contribution is 7.98. The van der Waals surface area contributed by atoms with E-state index in [0.29, 0.717) is 15.9 Å². The summed E-state index contributed by atoms with van der Waals surface area (Å²) >= 11 is 7.92. The van der Waals surface area contributed by atoms with Gasteiger partial charge >= 0.3 is 5.63 Å². The van der Waals surface area contributed by atoms with Gasteiger partial charge in [-0.3, -0.25) is 0 Å². The molecule has 0 radical (unpaired) electrons. The number of hydrogen-bond acceptors (Lipinski definition) is 4. The first-order chi connectivity index (χ1) is 10.7. The van der Waals surface area contributed by atoms with Gasteiger partial charge in [0.05, 0.1) is 10.9 Å². The van der Waals surface area contributed by atoms with E-state index in [9.17, 15) is 4.79 Å². The predicted molar refractivity (Wildman–Crippen MR) is 92.2 cm³/mol. The zero-order chi connectivity index (χ0) is 15.5. The normalized spacial score (nSPS) is 11.8. The Morgan fingerprint density at radius 3 is 2.64 bits per heavy atom. The van der Waals surface area contributed by atoms with E-state index in [1.807, 2.05) is 36.6 Å². The molecule has 110 valence electrons.